The lowest BCUT2D eigenvalue weighted by Gasteiger charge is -1.96. The topological polar surface area (TPSA) is 34.1 Å². The Kier molecular flexibility index (Phi) is 7.55. The van der Waals surface area contributed by atoms with Crippen LogP contribution >= 0.6 is 0 Å². The van der Waals surface area contributed by atoms with Crippen LogP contribution in [0, 0.1) is 0 Å². The molecular formula is C10H16O2. The third kappa shape index (κ3) is 7.19. The van der Waals surface area contributed by atoms with Crippen LogP contribution in [0.3, 0.4) is 0 Å². The number of hydrogen-bond donors (Lipinski definition) is 0. The average Bonchev–Trinajstić information content (AvgIpc) is 2.06. The highest BCUT2D eigenvalue weighted by molar-refractivity contribution is 5.78. The minimum atomic E-state index is 0.263. The highest BCUT2D eigenvalue weighted by atomic mass is 16.1. The quantitative estimate of drug-likeness (QED) is 0.316. The van der Waals surface area contributed by atoms with Crippen molar-refractivity contribution in [1.29, 1.82) is 0 Å². The first kappa shape index (κ1) is 11.1. The fourth-order valence-electron chi connectivity index (χ4n) is 0.951. The first-order chi connectivity index (χ1) is 5.81. The number of Topliss-reactive ketones (excluding diaryl/α,β-unsaturated/α-hetero) is 1. The molecule has 0 aliphatic rings. The Bertz CT molecular complexity index is 134. The van der Waals surface area contributed by atoms with Gasteiger partial charge in [-0.05, 0) is 19.3 Å². The number of rotatable bonds is 8. The third-order valence-electron chi connectivity index (χ3n) is 1.64. The van der Waals surface area contributed by atoms with Gasteiger partial charge in [0, 0.05) is 19.3 Å². The maximum atomic E-state index is 11.0. The molecule has 0 amide bonds. The summed E-state index contributed by atoms with van der Waals surface area (Å²) >= 11 is 0. The van der Waals surface area contributed by atoms with E-state index in [1.54, 1.807) is 0 Å². The van der Waals surface area contributed by atoms with Crippen LogP contribution in [-0.4, -0.2) is 12.1 Å². The Balaban J connectivity index is 3.21. The molecule has 0 aromatic carbocycles. The number of allylic oxidation sites excluding steroid dienone is 1. The Morgan fingerprint density at radius 3 is 2.25 bits per heavy atom. The van der Waals surface area contributed by atoms with Crippen molar-refractivity contribution in [3.8, 4) is 0 Å². The van der Waals surface area contributed by atoms with E-state index < -0.39 is 0 Å². The number of carbonyl (C=O) groups excluding carboxylic acids is 2. The van der Waals surface area contributed by atoms with Crippen molar-refractivity contribution < 1.29 is 9.59 Å². The largest absolute Gasteiger partial charge is 0.303 e. The molecule has 12 heavy (non-hydrogen) atoms. The summed E-state index contributed by atoms with van der Waals surface area (Å²) in [7, 11) is 0. The molecule has 0 aromatic heterocycles. The van der Waals surface area contributed by atoms with Crippen LogP contribution in [0.5, 0.6) is 0 Å². The number of carbonyl (C=O) groups is 2. The second-order valence-corrected chi connectivity index (χ2v) is 2.78. The normalized spacial score (nSPS) is 9.33. The molecule has 0 atom stereocenters. The molecule has 0 heterocycles. The van der Waals surface area contributed by atoms with E-state index in [2.05, 4.69) is 6.58 Å². The lowest BCUT2D eigenvalue weighted by Crippen LogP contribution is -1.97. The maximum Gasteiger partial charge on any atom is 0.132 e. The zero-order chi connectivity index (χ0) is 9.23. The van der Waals surface area contributed by atoms with Gasteiger partial charge in [0.15, 0.2) is 0 Å². The lowest BCUT2D eigenvalue weighted by molar-refractivity contribution is -0.119. The summed E-state index contributed by atoms with van der Waals surface area (Å²) in [6.07, 6.45) is 6.86. The van der Waals surface area contributed by atoms with E-state index in [1.807, 2.05) is 6.08 Å². The summed E-state index contributed by atoms with van der Waals surface area (Å²) in [6.45, 7) is 3.58. The van der Waals surface area contributed by atoms with Gasteiger partial charge >= 0.3 is 0 Å². The molecule has 0 aliphatic carbocycles. The standard InChI is InChI=1S/C10H16O2/c1-2-3-4-7-10(12)8-5-6-9-11/h2,9H,1,3-8H2. The summed E-state index contributed by atoms with van der Waals surface area (Å²) in [5.74, 6) is 0.263. The van der Waals surface area contributed by atoms with Crippen LogP contribution in [0.1, 0.15) is 38.5 Å². The Morgan fingerprint density at radius 2 is 1.75 bits per heavy atom. The van der Waals surface area contributed by atoms with Crippen molar-refractivity contribution in [3.05, 3.63) is 12.7 Å². The minimum absolute atomic E-state index is 0.263. The fourth-order valence-corrected chi connectivity index (χ4v) is 0.951. The van der Waals surface area contributed by atoms with E-state index >= 15 is 0 Å². The van der Waals surface area contributed by atoms with Crippen molar-refractivity contribution >= 4 is 12.1 Å². The van der Waals surface area contributed by atoms with Crippen molar-refractivity contribution in [1.82, 2.24) is 0 Å². The van der Waals surface area contributed by atoms with Gasteiger partial charge in [0.2, 0.25) is 0 Å². The summed E-state index contributed by atoms with van der Waals surface area (Å²) in [4.78, 5) is 21.0. The molecule has 0 fully saturated rings. The second kappa shape index (κ2) is 8.18. The van der Waals surface area contributed by atoms with Gasteiger partial charge in [-0.3, -0.25) is 4.79 Å². The van der Waals surface area contributed by atoms with Gasteiger partial charge in [-0.1, -0.05) is 6.08 Å². The number of hydrogen-bond acceptors (Lipinski definition) is 2. The summed E-state index contributed by atoms with van der Waals surface area (Å²) in [6, 6.07) is 0. The predicted octanol–water partition coefficient (Wildman–Crippen LogP) is 2.28. The minimum Gasteiger partial charge on any atom is -0.303 e. The van der Waals surface area contributed by atoms with Gasteiger partial charge in [0.25, 0.3) is 0 Å². The number of unbranched alkanes of at least 4 members (excludes halogenated alkanes) is 2. The molecular weight excluding hydrogens is 152 g/mol. The van der Waals surface area contributed by atoms with E-state index in [0.29, 0.717) is 25.7 Å². The maximum absolute atomic E-state index is 11.0. The van der Waals surface area contributed by atoms with Crippen molar-refractivity contribution in [2.45, 2.75) is 38.5 Å². The molecule has 2 heteroatoms. The zero-order valence-electron chi connectivity index (χ0n) is 7.42. The monoisotopic (exact) mass is 168 g/mol. The summed E-state index contributed by atoms with van der Waals surface area (Å²) in [5, 5.41) is 0. The second-order valence-electron chi connectivity index (χ2n) is 2.78. The van der Waals surface area contributed by atoms with Crippen LogP contribution in [0.25, 0.3) is 0 Å². The predicted molar refractivity (Wildman–Crippen MR) is 49.0 cm³/mol. The van der Waals surface area contributed by atoms with Gasteiger partial charge in [-0.2, -0.15) is 0 Å². The molecule has 0 spiro atoms. The van der Waals surface area contributed by atoms with E-state index in [1.165, 1.54) is 0 Å². The van der Waals surface area contributed by atoms with Crippen LogP contribution in [0.2, 0.25) is 0 Å². The van der Waals surface area contributed by atoms with Crippen molar-refractivity contribution in [2.75, 3.05) is 0 Å². The average molecular weight is 168 g/mol. The molecule has 0 N–H and O–H groups in total. The van der Waals surface area contributed by atoms with E-state index in [4.69, 9.17) is 0 Å². The van der Waals surface area contributed by atoms with Crippen LogP contribution in [0.4, 0.5) is 0 Å². The van der Waals surface area contributed by atoms with Gasteiger partial charge < -0.3 is 4.79 Å². The number of ketones is 1. The third-order valence-corrected chi connectivity index (χ3v) is 1.64. The van der Waals surface area contributed by atoms with Gasteiger partial charge in [-0.15, -0.1) is 6.58 Å². The first-order valence-electron chi connectivity index (χ1n) is 4.37. The molecule has 0 aromatic rings. The highest BCUT2D eigenvalue weighted by Crippen LogP contribution is 2.02. The van der Waals surface area contributed by atoms with Crippen LogP contribution < -0.4 is 0 Å². The smallest absolute Gasteiger partial charge is 0.132 e. The lowest BCUT2D eigenvalue weighted by atomic mass is 10.1. The zero-order valence-corrected chi connectivity index (χ0v) is 7.42. The Labute approximate surface area is 73.7 Å². The van der Waals surface area contributed by atoms with E-state index in [0.717, 1.165) is 19.1 Å². The molecule has 2 nitrogen and oxygen atoms in total. The van der Waals surface area contributed by atoms with E-state index in [9.17, 15) is 9.59 Å². The number of aldehydes is 1. The van der Waals surface area contributed by atoms with Crippen LogP contribution in [0.15, 0.2) is 12.7 Å². The summed E-state index contributed by atoms with van der Waals surface area (Å²) in [5.41, 5.74) is 0. The first-order valence-corrected chi connectivity index (χ1v) is 4.37. The molecule has 0 bridgehead atoms. The molecule has 0 unspecified atom stereocenters. The fraction of sp³-hybridized carbons (Fsp3) is 0.600. The molecule has 68 valence electrons. The van der Waals surface area contributed by atoms with Gasteiger partial charge in [0.1, 0.15) is 12.1 Å². The Hall–Kier alpha value is -0.920. The molecule has 0 rings (SSSR count). The molecule has 0 radical (unpaired) electrons. The van der Waals surface area contributed by atoms with Crippen molar-refractivity contribution in [3.63, 3.8) is 0 Å². The van der Waals surface area contributed by atoms with E-state index in [-0.39, 0.29) is 5.78 Å². The molecule has 0 aliphatic heterocycles. The van der Waals surface area contributed by atoms with Gasteiger partial charge in [0.05, 0.1) is 0 Å². The summed E-state index contributed by atoms with van der Waals surface area (Å²) < 4.78 is 0. The SMILES string of the molecule is C=CCCCC(=O)CCCC=O. The highest BCUT2D eigenvalue weighted by Gasteiger charge is 1.99. The molecule has 0 saturated carbocycles. The van der Waals surface area contributed by atoms with Gasteiger partial charge in [-0.25, -0.2) is 0 Å². The molecule has 0 saturated heterocycles. The van der Waals surface area contributed by atoms with Crippen LogP contribution in [-0.2, 0) is 9.59 Å². The Morgan fingerprint density at radius 1 is 1.17 bits per heavy atom. The van der Waals surface area contributed by atoms with Crippen molar-refractivity contribution in [2.24, 2.45) is 0 Å².